The number of aliphatic imine (C=N–C) groups is 1. The summed E-state index contributed by atoms with van der Waals surface area (Å²) < 4.78 is 16.3. The molecular weight excluding hydrogens is 316 g/mol. The second-order valence-electron chi connectivity index (χ2n) is 5.85. The molecule has 0 spiro atoms. The first-order valence-corrected chi connectivity index (χ1v) is 8.00. The van der Waals surface area contributed by atoms with Gasteiger partial charge in [-0.25, -0.2) is 4.99 Å². The van der Waals surface area contributed by atoms with Crippen LogP contribution in [0, 0.1) is 13.8 Å². The molecule has 25 heavy (non-hydrogen) atoms. The molecule has 0 amide bonds. The summed E-state index contributed by atoms with van der Waals surface area (Å²) in [5, 5.41) is 0. The molecule has 0 saturated heterocycles. The summed E-state index contributed by atoms with van der Waals surface area (Å²) in [6, 6.07) is 7.78. The van der Waals surface area contributed by atoms with Crippen LogP contribution in [-0.4, -0.2) is 32.0 Å². The predicted molar refractivity (Wildman–Crippen MR) is 99.4 cm³/mol. The van der Waals surface area contributed by atoms with Crippen molar-refractivity contribution in [2.75, 3.05) is 21.3 Å². The number of aryl methyl sites for hydroxylation is 2. The summed E-state index contributed by atoms with van der Waals surface area (Å²) in [5.74, 6) is 2.17. The van der Waals surface area contributed by atoms with E-state index in [0.29, 0.717) is 5.75 Å². The maximum absolute atomic E-state index is 5.51. The molecule has 1 aliphatic heterocycles. The van der Waals surface area contributed by atoms with Gasteiger partial charge < -0.3 is 19.2 Å². The molecule has 0 saturated carbocycles. The van der Waals surface area contributed by atoms with Gasteiger partial charge in [0.25, 0.3) is 0 Å². The van der Waals surface area contributed by atoms with Gasteiger partial charge in [-0.1, -0.05) is 0 Å². The number of hydrogen-bond acceptors (Lipinski definition) is 4. The third-order valence-corrected chi connectivity index (χ3v) is 4.14. The first-order chi connectivity index (χ1) is 12.0. The second kappa shape index (κ2) is 6.89. The molecule has 1 N–H and O–H groups in total. The Labute approximate surface area is 147 Å². The number of nitrogens with one attached hydrogen (secondary N) is 1. The van der Waals surface area contributed by atoms with Crippen LogP contribution in [0.1, 0.15) is 22.5 Å². The first kappa shape index (κ1) is 16.9. The van der Waals surface area contributed by atoms with Crippen molar-refractivity contribution in [2.24, 2.45) is 4.99 Å². The van der Waals surface area contributed by atoms with E-state index in [1.807, 2.05) is 37.3 Å². The minimum absolute atomic E-state index is 0.706. The quantitative estimate of drug-likeness (QED) is 0.896. The van der Waals surface area contributed by atoms with Gasteiger partial charge in [0.05, 0.1) is 27.0 Å². The molecule has 3 rings (SSSR count). The van der Waals surface area contributed by atoms with Gasteiger partial charge >= 0.3 is 0 Å². The Balaban J connectivity index is 2.04. The molecule has 0 fully saturated rings. The zero-order chi connectivity index (χ0) is 18.0. The zero-order valence-electron chi connectivity index (χ0n) is 15.1. The van der Waals surface area contributed by atoms with E-state index in [0.717, 1.165) is 39.9 Å². The highest BCUT2D eigenvalue weighted by atomic mass is 16.5. The molecule has 0 radical (unpaired) electrons. The van der Waals surface area contributed by atoms with Crippen LogP contribution in [0.15, 0.2) is 46.8 Å². The minimum Gasteiger partial charge on any atom is -0.497 e. The van der Waals surface area contributed by atoms with Gasteiger partial charge in [-0.2, -0.15) is 0 Å². The zero-order valence-corrected chi connectivity index (χ0v) is 15.1. The fourth-order valence-electron chi connectivity index (χ4n) is 2.87. The molecule has 0 bridgehead atoms. The number of nitrogens with zero attached hydrogens (tertiary/aromatic N) is 1. The maximum atomic E-state index is 5.51. The van der Waals surface area contributed by atoms with Crippen molar-refractivity contribution in [3.63, 3.8) is 0 Å². The molecular formula is C20H22N2O3. The summed E-state index contributed by atoms with van der Waals surface area (Å²) >= 11 is 0. The Bertz CT molecular complexity index is 888. The van der Waals surface area contributed by atoms with Gasteiger partial charge in [0.2, 0.25) is 0 Å². The Morgan fingerprint density at radius 2 is 1.80 bits per heavy atom. The van der Waals surface area contributed by atoms with Crippen LogP contribution in [0.25, 0.3) is 6.08 Å². The fraction of sp³-hybridized carbons (Fsp3) is 0.250. The number of rotatable bonds is 5. The molecule has 5 nitrogen and oxygen atoms in total. The van der Waals surface area contributed by atoms with E-state index < -0.39 is 0 Å². The molecule has 2 aromatic rings. The van der Waals surface area contributed by atoms with Gasteiger partial charge in [0.1, 0.15) is 23.0 Å². The number of aromatic amines is 1. The van der Waals surface area contributed by atoms with Crippen molar-refractivity contribution in [1.82, 2.24) is 4.98 Å². The summed E-state index contributed by atoms with van der Waals surface area (Å²) in [6.45, 7) is 4.10. The third kappa shape index (κ3) is 3.31. The van der Waals surface area contributed by atoms with Crippen molar-refractivity contribution >= 4 is 11.8 Å². The number of H-pyrrole nitrogens is 1. The van der Waals surface area contributed by atoms with Crippen LogP contribution in [0.5, 0.6) is 11.5 Å². The van der Waals surface area contributed by atoms with Crippen molar-refractivity contribution in [3.8, 4) is 11.5 Å². The van der Waals surface area contributed by atoms with Gasteiger partial charge in [-0.15, -0.1) is 0 Å². The molecule has 0 aliphatic carbocycles. The molecule has 1 aliphatic rings. The van der Waals surface area contributed by atoms with Crippen molar-refractivity contribution in [3.05, 3.63) is 64.3 Å². The molecule has 130 valence electrons. The normalized spacial score (nSPS) is 15.2. The summed E-state index contributed by atoms with van der Waals surface area (Å²) in [4.78, 5) is 8.08. The number of hydrogen-bond donors (Lipinski definition) is 1. The number of methoxy groups -OCH3 is 3. The largest absolute Gasteiger partial charge is 0.497 e. The van der Waals surface area contributed by atoms with E-state index in [9.17, 15) is 0 Å². The topological polar surface area (TPSA) is 55.8 Å². The van der Waals surface area contributed by atoms with Crippen LogP contribution in [0.2, 0.25) is 0 Å². The highest BCUT2D eigenvalue weighted by molar-refractivity contribution is 6.13. The minimum atomic E-state index is 0.706. The average molecular weight is 338 g/mol. The second-order valence-corrected chi connectivity index (χ2v) is 5.85. The molecule has 1 aromatic heterocycles. The Hall–Kier alpha value is -2.95. The number of aromatic nitrogens is 1. The highest BCUT2D eigenvalue weighted by Crippen LogP contribution is 2.31. The lowest BCUT2D eigenvalue weighted by Crippen LogP contribution is -1.99. The maximum Gasteiger partial charge on any atom is 0.146 e. The molecule has 1 aromatic carbocycles. The molecule has 2 heterocycles. The molecule has 0 unspecified atom stereocenters. The van der Waals surface area contributed by atoms with E-state index in [1.54, 1.807) is 21.3 Å². The third-order valence-electron chi connectivity index (χ3n) is 4.14. The van der Waals surface area contributed by atoms with Crippen LogP contribution in [0.4, 0.5) is 0 Å². The molecule has 0 atom stereocenters. The van der Waals surface area contributed by atoms with Crippen LogP contribution in [0.3, 0.4) is 0 Å². The lowest BCUT2D eigenvalue weighted by atomic mass is 10.1. The summed E-state index contributed by atoms with van der Waals surface area (Å²) in [6.07, 6.45) is 3.92. The average Bonchev–Trinajstić information content (AvgIpc) is 3.16. The van der Waals surface area contributed by atoms with Gasteiger partial charge in [-0.05, 0) is 43.7 Å². The Kier molecular flexibility index (Phi) is 4.65. The van der Waals surface area contributed by atoms with Crippen molar-refractivity contribution < 1.29 is 14.2 Å². The van der Waals surface area contributed by atoms with E-state index in [1.165, 1.54) is 5.56 Å². The molecule has 5 heteroatoms. The first-order valence-electron chi connectivity index (χ1n) is 8.00. The van der Waals surface area contributed by atoms with Crippen molar-refractivity contribution in [2.45, 2.75) is 13.8 Å². The number of benzene rings is 1. The highest BCUT2D eigenvalue weighted by Gasteiger charge is 2.20. The van der Waals surface area contributed by atoms with E-state index in [4.69, 9.17) is 19.2 Å². The predicted octanol–water partition coefficient (Wildman–Crippen LogP) is 4.02. The SMILES string of the molecule is COC1=CC(c2ccc(OC)cc2OC)=NC1=Cc1[nH]c(C)cc1C. The standard InChI is InChI=1S/C20H22N2O3/c1-12-8-13(2)21-16(12)10-18-20(25-5)11-17(22-18)15-7-6-14(23-3)9-19(15)24-4/h6-11,21H,1-5H3. The fourth-order valence-corrected chi connectivity index (χ4v) is 2.87. The Morgan fingerprint density at radius 3 is 2.40 bits per heavy atom. The van der Waals surface area contributed by atoms with E-state index in [-0.39, 0.29) is 0 Å². The monoisotopic (exact) mass is 338 g/mol. The number of allylic oxidation sites excluding steroid dienone is 1. The van der Waals surface area contributed by atoms with Gasteiger partial charge in [-0.3, -0.25) is 0 Å². The number of ether oxygens (including phenoxy) is 3. The van der Waals surface area contributed by atoms with Gasteiger partial charge in [0, 0.05) is 29.1 Å². The smallest absolute Gasteiger partial charge is 0.146 e. The van der Waals surface area contributed by atoms with Crippen molar-refractivity contribution in [1.29, 1.82) is 0 Å². The van der Waals surface area contributed by atoms with Crippen LogP contribution in [-0.2, 0) is 4.74 Å². The lowest BCUT2D eigenvalue weighted by molar-refractivity contribution is 0.303. The summed E-state index contributed by atoms with van der Waals surface area (Å²) in [7, 11) is 4.92. The Morgan fingerprint density at radius 1 is 1.00 bits per heavy atom. The van der Waals surface area contributed by atoms with E-state index >= 15 is 0 Å². The van der Waals surface area contributed by atoms with Gasteiger partial charge in [0.15, 0.2) is 0 Å². The van der Waals surface area contributed by atoms with E-state index in [2.05, 4.69) is 18.0 Å². The summed E-state index contributed by atoms with van der Waals surface area (Å²) in [5.41, 5.74) is 5.78. The van der Waals surface area contributed by atoms with Crippen LogP contribution < -0.4 is 9.47 Å². The lowest BCUT2D eigenvalue weighted by Gasteiger charge is -2.09. The van der Waals surface area contributed by atoms with Crippen LogP contribution >= 0.6 is 0 Å².